The van der Waals surface area contributed by atoms with E-state index in [1.807, 2.05) is 0 Å². The van der Waals surface area contributed by atoms with Gasteiger partial charge in [-0.3, -0.25) is 4.79 Å². The summed E-state index contributed by atoms with van der Waals surface area (Å²) in [7, 11) is 1.23. The van der Waals surface area contributed by atoms with Crippen molar-refractivity contribution in [1.82, 2.24) is 0 Å². The summed E-state index contributed by atoms with van der Waals surface area (Å²) in [6.45, 7) is 0. The molecule has 1 unspecified atom stereocenters. The van der Waals surface area contributed by atoms with Gasteiger partial charge in [-0.1, -0.05) is 0 Å². The average molecular weight is 231 g/mol. The first-order valence-corrected chi connectivity index (χ1v) is 4.46. The quantitative estimate of drug-likeness (QED) is 0.808. The molecule has 0 aliphatic heterocycles. The van der Waals surface area contributed by atoms with Gasteiger partial charge in [-0.15, -0.1) is 0 Å². The molecule has 16 heavy (non-hydrogen) atoms. The maximum atomic E-state index is 13.2. The Morgan fingerprint density at radius 3 is 2.62 bits per heavy atom. The van der Waals surface area contributed by atoms with Crippen molar-refractivity contribution in [2.75, 3.05) is 7.11 Å². The van der Waals surface area contributed by atoms with Crippen LogP contribution in [0.2, 0.25) is 0 Å². The van der Waals surface area contributed by atoms with Gasteiger partial charge in [-0.25, -0.2) is 8.78 Å². The van der Waals surface area contributed by atoms with Crippen LogP contribution in [0.1, 0.15) is 5.56 Å². The van der Waals surface area contributed by atoms with E-state index < -0.39 is 23.6 Å². The molecule has 4 nitrogen and oxygen atoms in total. The molecule has 88 valence electrons. The van der Waals surface area contributed by atoms with E-state index in [1.54, 1.807) is 0 Å². The Morgan fingerprint density at radius 1 is 1.50 bits per heavy atom. The normalized spacial score (nSPS) is 12.2. The SMILES string of the molecule is COc1cc(CC(N)C(=O)O)c(F)cc1F. The number of carboxylic acids is 1. The minimum Gasteiger partial charge on any atom is -0.494 e. The highest BCUT2D eigenvalue weighted by Gasteiger charge is 2.17. The van der Waals surface area contributed by atoms with E-state index in [4.69, 9.17) is 10.8 Å². The van der Waals surface area contributed by atoms with Gasteiger partial charge < -0.3 is 15.6 Å². The molecule has 3 N–H and O–H groups in total. The van der Waals surface area contributed by atoms with Gasteiger partial charge in [0.2, 0.25) is 0 Å². The molecule has 0 aliphatic rings. The molecule has 0 amide bonds. The van der Waals surface area contributed by atoms with Gasteiger partial charge in [-0.05, 0) is 11.6 Å². The molecular formula is C10H11F2NO3. The lowest BCUT2D eigenvalue weighted by Crippen LogP contribution is -2.32. The Balaban J connectivity index is 3.00. The van der Waals surface area contributed by atoms with E-state index in [1.165, 1.54) is 7.11 Å². The topological polar surface area (TPSA) is 72.5 Å². The van der Waals surface area contributed by atoms with Crippen LogP contribution in [0.15, 0.2) is 12.1 Å². The molecule has 0 aliphatic carbocycles. The van der Waals surface area contributed by atoms with E-state index in [0.717, 1.165) is 6.07 Å². The van der Waals surface area contributed by atoms with Gasteiger partial charge >= 0.3 is 5.97 Å². The maximum absolute atomic E-state index is 13.2. The van der Waals surface area contributed by atoms with Gasteiger partial charge in [0.05, 0.1) is 7.11 Å². The number of carboxylic acid groups (broad SMARTS) is 1. The summed E-state index contributed by atoms with van der Waals surface area (Å²) >= 11 is 0. The van der Waals surface area contributed by atoms with E-state index in [-0.39, 0.29) is 17.7 Å². The predicted octanol–water partition coefficient (Wildman–Crippen LogP) is 0.928. The molecule has 0 heterocycles. The highest BCUT2D eigenvalue weighted by molar-refractivity contribution is 5.73. The first kappa shape index (κ1) is 12.4. The molecule has 1 atom stereocenters. The summed E-state index contributed by atoms with van der Waals surface area (Å²) in [4.78, 5) is 10.5. The number of hydrogen-bond donors (Lipinski definition) is 2. The van der Waals surface area contributed by atoms with Crippen LogP contribution < -0.4 is 10.5 Å². The van der Waals surface area contributed by atoms with Crippen molar-refractivity contribution < 1.29 is 23.4 Å². The standard InChI is InChI=1S/C10H11F2NO3/c1-16-9-3-5(2-8(13)10(14)15)6(11)4-7(9)12/h3-4,8H,2,13H2,1H3,(H,14,15). The Morgan fingerprint density at radius 2 is 2.12 bits per heavy atom. The fourth-order valence-corrected chi connectivity index (χ4v) is 1.21. The second-order valence-electron chi connectivity index (χ2n) is 3.23. The summed E-state index contributed by atoms with van der Waals surface area (Å²) in [6, 6.07) is 0.514. The summed E-state index contributed by atoms with van der Waals surface area (Å²) in [5.41, 5.74) is 5.25. The third-order valence-electron chi connectivity index (χ3n) is 2.08. The fourth-order valence-electron chi connectivity index (χ4n) is 1.21. The summed E-state index contributed by atoms with van der Waals surface area (Å²) in [6.07, 6.45) is -0.224. The molecule has 0 spiro atoms. The van der Waals surface area contributed by atoms with Gasteiger partial charge in [0, 0.05) is 12.5 Å². The Bertz CT molecular complexity index is 409. The van der Waals surface area contributed by atoms with Crippen molar-refractivity contribution in [2.45, 2.75) is 12.5 Å². The van der Waals surface area contributed by atoms with Crippen molar-refractivity contribution in [1.29, 1.82) is 0 Å². The number of aliphatic carboxylic acids is 1. The highest BCUT2D eigenvalue weighted by Crippen LogP contribution is 2.22. The van der Waals surface area contributed by atoms with Crippen LogP contribution in [-0.2, 0) is 11.2 Å². The number of carbonyl (C=O) groups is 1. The van der Waals surface area contributed by atoms with Crippen molar-refractivity contribution >= 4 is 5.97 Å². The third-order valence-corrected chi connectivity index (χ3v) is 2.08. The molecule has 0 radical (unpaired) electrons. The second kappa shape index (κ2) is 4.89. The zero-order valence-electron chi connectivity index (χ0n) is 8.54. The number of methoxy groups -OCH3 is 1. The lowest BCUT2D eigenvalue weighted by Gasteiger charge is -2.09. The number of hydrogen-bond acceptors (Lipinski definition) is 3. The van der Waals surface area contributed by atoms with E-state index in [9.17, 15) is 13.6 Å². The smallest absolute Gasteiger partial charge is 0.320 e. The molecule has 1 aromatic carbocycles. The zero-order valence-corrected chi connectivity index (χ0v) is 8.54. The van der Waals surface area contributed by atoms with Crippen LogP contribution in [0.4, 0.5) is 8.78 Å². The first-order valence-electron chi connectivity index (χ1n) is 4.46. The first-order chi connectivity index (χ1) is 7.45. The molecular weight excluding hydrogens is 220 g/mol. The second-order valence-corrected chi connectivity index (χ2v) is 3.23. The zero-order chi connectivity index (χ0) is 12.3. The van der Waals surface area contributed by atoms with Crippen LogP contribution in [0.5, 0.6) is 5.75 Å². The van der Waals surface area contributed by atoms with Crippen molar-refractivity contribution in [3.05, 3.63) is 29.3 Å². The van der Waals surface area contributed by atoms with Gasteiger partial charge in [0.15, 0.2) is 11.6 Å². The molecule has 0 saturated heterocycles. The predicted molar refractivity (Wildman–Crippen MR) is 52.2 cm³/mol. The largest absolute Gasteiger partial charge is 0.494 e. The van der Waals surface area contributed by atoms with Crippen LogP contribution in [0.25, 0.3) is 0 Å². The fraction of sp³-hybridized carbons (Fsp3) is 0.300. The highest BCUT2D eigenvalue weighted by atomic mass is 19.1. The Kier molecular flexibility index (Phi) is 3.78. The Hall–Kier alpha value is -1.69. The number of nitrogens with two attached hydrogens (primary N) is 1. The van der Waals surface area contributed by atoms with Crippen molar-refractivity contribution in [3.63, 3.8) is 0 Å². The minimum atomic E-state index is -1.25. The van der Waals surface area contributed by atoms with Crippen LogP contribution in [-0.4, -0.2) is 24.2 Å². The lowest BCUT2D eigenvalue weighted by molar-refractivity contribution is -0.138. The summed E-state index contributed by atoms with van der Waals surface area (Å²) in [5, 5.41) is 8.56. The molecule has 1 rings (SSSR count). The van der Waals surface area contributed by atoms with Crippen LogP contribution >= 0.6 is 0 Å². The average Bonchev–Trinajstić information content (AvgIpc) is 2.21. The van der Waals surface area contributed by atoms with E-state index >= 15 is 0 Å². The molecule has 0 aromatic heterocycles. The molecule has 0 fully saturated rings. The molecule has 6 heteroatoms. The van der Waals surface area contributed by atoms with Gasteiger partial charge in [0.25, 0.3) is 0 Å². The van der Waals surface area contributed by atoms with Crippen molar-refractivity contribution in [3.8, 4) is 5.75 Å². The lowest BCUT2D eigenvalue weighted by atomic mass is 10.1. The van der Waals surface area contributed by atoms with Crippen molar-refractivity contribution in [2.24, 2.45) is 5.73 Å². The van der Waals surface area contributed by atoms with Crippen LogP contribution in [0.3, 0.4) is 0 Å². The number of halogens is 2. The van der Waals surface area contributed by atoms with Crippen LogP contribution in [0, 0.1) is 11.6 Å². The monoisotopic (exact) mass is 231 g/mol. The third kappa shape index (κ3) is 2.66. The molecule has 0 bridgehead atoms. The Labute approximate surface area is 90.6 Å². The minimum absolute atomic E-state index is 0.00755. The summed E-state index contributed by atoms with van der Waals surface area (Å²) < 4.78 is 30.9. The number of benzene rings is 1. The maximum Gasteiger partial charge on any atom is 0.320 e. The van der Waals surface area contributed by atoms with E-state index in [2.05, 4.69) is 4.74 Å². The number of rotatable bonds is 4. The number of ether oxygens (including phenoxy) is 1. The van der Waals surface area contributed by atoms with Gasteiger partial charge in [0.1, 0.15) is 11.9 Å². The molecule has 0 saturated carbocycles. The van der Waals surface area contributed by atoms with E-state index in [0.29, 0.717) is 6.07 Å². The molecule has 1 aromatic rings. The van der Waals surface area contributed by atoms with Gasteiger partial charge in [-0.2, -0.15) is 0 Å². The summed E-state index contributed by atoms with van der Waals surface area (Å²) in [5.74, 6) is -3.07.